The summed E-state index contributed by atoms with van der Waals surface area (Å²) in [6.07, 6.45) is 3.29. The fourth-order valence-electron chi connectivity index (χ4n) is 5.10. The lowest BCUT2D eigenvalue weighted by atomic mass is 9.97. The Bertz CT molecular complexity index is 1470. The zero-order chi connectivity index (χ0) is 28.2. The molecule has 8 nitrogen and oxygen atoms in total. The molecule has 1 N–H and O–H groups in total. The molecule has 5 rings (SSSR count). The van der Waals surface area contributed by atoms with E-state index in [4.69, 9.17) is 4.74 Å². The molecule has 1 saturated heterocycles. The number of aromatic nitrogens is 3. The normalized spacial score (nSPS) is 14.7. The Hall–Kier alpha value is -3.98. The highest BCUT2D eigenvalue weighted by Crippen LogP contribution is 2.31. The maximum absolute atomic E-state index is 13.3. The van der Waals surface area contributed by atoms with Crippen LogP contribution < -0.4 is 10.1 Å². The average Bonchev–Trinajstić information content (AvgIpc) is 3.60. The van der Waals surface area contributed by atoms with Crippen LogP contribution in [-0.2, 0) is 0 Å². The van der Waals surface area contributed by atoms with Gasteiger partial charge in [-0.2, -0.15) is 5.10 Å². The zero-order valence-electron chi connectivity index (χ0n) is 23.4. The van der Waals surface area contributed by atoms with Crippen LogP contribution in [0.3, 0.4) is 0 Å². The number of amides is 2. The number of likely N-dealkylation sites (tertiary alicyclic amines) is 1. The largest absolute Gasteiger partial charge is 0.491 e. The third-order valence-electron chi connectivity index (χ3n) is 7.39. The first-order chi connectivity index (χ1) is 19.3. The Morgan fingerprint density at radius 1 is 1.05 bits per heavy atom. The Balaban J connectivity index is 1.13. The van der Waals surface area contributed by atoms with Gasteiger partial charge in [-0.3, -0.25) is 9.59 Å². The number of hydrogen-bond donors (Lipinski definition) is 1. The molecule has 2 amide bonds. The number of rotatable bonds is 8. The first-order valence-corrected chi connectivity index (χ1v) is 14.5. The summed E-state index contributed by atoms with van der Waals surface area (Å²) in [5.74, 6) is 0.908. The molecule has 2 aromatic heterocycles. The molecule has 2 aromatic carbocycles. The lowest BCUT2D eigenvalue weighted by Gasteiger charge is -2.31. The van der Waals surface area contributed by atoms with E-state index in [2.05, 4.69) is 15.4 Å². The highest BCUT2D eigenvalue weighted by atomic mass is 32.1. The van der Waals surface area contributed by atoms with Crippen molar-refractivity contribution in [3.8, 4) is 11.4 Å². The number of thiazole rings is 1. The first kappa shape index (κ1) is 27.6. The SMILES string of the molecule is Cc1cccc(C)c1OCC(C)NC(=O)c1csc(C2CCN(C(=O)c3cnn(-c4ccccc4)c3C)CC2)n1. The van der Waals surface area contributed by atoms with Gasteiger partial charge in [0.05, 0.1) is 34.2 Å². The summed E-state index contributed by atoms with van der Waals surface area (Å²) < 4.78 is 7.79. The summed E-state index contributed by atoms with van der Waals surface area (Å²) in [5, 5.41) is 10.2. The molecule has 0 spiro atoms. The number of hydrogen-bond acceptors (Lipinski definition) is 6. The minimum Gasteiger partial charge on any atom is -0.491 e. The number of nitrogens with zero attached hydrogens (tertiary/aromatic N) is 4. The van der Waals surface area contributed by atoms with E-state index in [9.17, 15) is 9.59 Å². The Labute approximate surface area is 239 Å². The summed E-state index contributed by atoms with van der Waals surface area (Å²) in [5.41, 5.74) is 4.99. The predicted molar refractivity (Wildman–Crippen MR) is 157 cm³/mol. The molecule has 3 heterocycles. The van der Waals surface area contributed by atoms with Gasteiger partial charge >= 0.3 is 0 Å². The van der Waals surface area contributed by atoms with Crippen molar-refractivity contribution in [3.05, 3.63) is 93.2 Å². The van der Waals surface area contributed by atoms with Crippen molar-refractivity contribution in [2.45, 2.75) is 52.5 Å². The molecule has 1 aliphatic rings. The van der Waals surface area contributed by atoms with Gasteiger partial charge in [0, 0.05) is 24.4 Å². The van der Waals surface area contributed by atoms with Crippen LogP contribution in [-0.4, -0.2) is 57.2 Å². The van der Waals surface area contributed by atoms with Gasteiger partial charge in [0.15, 0.2) is 0 Å². The molecule has 0 bridgehead atoms. The molecule has 0 radical (unpaired) electrons. The number of benzene rings is 2. The minimum absolute atomic E-state index is 0.00873. The van der Waals surface area contributed by atoms with Crippen molar-refractivity contribution < 1.29 is 14.3 Å². The summed E-state index contributed by atoms with van der Waals surface area (Å²) in [4.78, 5) is 32.7. The quantitative estimate of drug-likeness (QED) is 0.310. The highest BCUT2D eigenvalue weighted by Gasteiger charge is 2.29. The topological polar surface area (TPSA) is 89.4 Å². The standard InChI is InChI=1S/C31H35N5O3S/c1-20-9-8-10-21(2)28(20)39-18-22(3)33-29(37)27-19-40-30(34-27)24-13-15-35(16-14-24)31(38)26-17-32-36(23(26)4)25-11-6-5-7-12-25/h5-12,17,19,22,24H,13-16,18H2,1-4H3,(H,33,37). The zero-order valence-corrected chi connectivity index (χ0v) is 24.2. The van der Waals surface area contributed by atoms with Crippen molar-refractivity contribution in [2.75, 3.05) is 19.7 Å². The van der Waals surface area contributed by atoms with Crippen molar-refractivity contribution in [2.24, 2.45) is 0 Å². The lowest BCUT2D eigenvalue weighted by Crippen LogP contribution is -2.38. The number of carbonyl (C=O) groups excluding carboxylic acids is 2. The molecule has 0 aliphatic carbocycles. The molecule has 9 heteroatoms. The van der Waals surface area contributed by atoms with Crippen LogP contribution in [0.15, 0.2) is 60.1 Å². The molecule has 4 aromatic rings. The molecule has 40 heavy (non-hydrogen) atoms. The number of carbonyl (C=O) groups is 2. The number of piperidine rings is 1. The van der Waals surface area contributed by atoms with E-state index in [0.717, 1.165) is 46.1 Å². The van der Waals surface area contributed by atoms with Gasteiger partial charge in [0.2, 0.25) is 0 Å². The third kappa shape index (κ3) is 5.94. The molecule has 208 valence electrons. The highest BCUT2D eigenvalue weighted by molar-refractivity contribution is 7.09. The number of nitrogens with one attached hydrogen (secondary N) is 1. The van der Waals surface area contributed by atoms with Crippen molar-refractivity contribution >= 4 is 23.2 Å². The van der Waals surface area contributed by atoms with Gasteiger partial charge in [-0.25, -0.2) is 9.67 Å². The second-order valence-corrected chi connectivity index (χ2v) is 11.3. The van der Waals surface area contributed by atoms with Crippen LogP contribution in [0, 0.1) is 20.8 Å². The number of ether oxygens (including phenoxy) is 1. The third-order valence-corrected chi connectivity index (χ3v) is 8.40. The molecule has 1 unspecified atom stereocenters. The smallest absolute Gasteiger partial charge is 0.271 e. The second kappa shape index (κ2) is 12.0. The average molecular weight is 558 g/mol. The van der Waals surface area contributed by atoms with Crippen LogP contribution in [0.4, 0.5) is 0 Å². The number of aryl methyl sites for hydroxylation is 2. The van der Waals surface area contributed by atoms with Gasteiger partial charge in [-0.1, -0.05) is 36.4 Å². The fraction of sp³-hybridized carbons (Fsp3) is 0.355. The van der Waals surface area contributed by atoms with Crippen LogP contribution in [0.25, 0.3) is 5.69 Å². The van der Waals surface area contributed by atoms with E-state index in [1.807, 2.05) is 86.5 Å². The molecule has 1 aliphatic heterocycles. The second-order valence-electron chi connectivity index (χ2n) is 10.4. The monoisotopic (exact) mass is 557 g/mol. The van der Waals surface area contributed by atoms with Crippen molar-refractivity contribution in [1.29, 1.82) is 0 Å². The van der Waals surface area contributed by atoms with Crippen molar-refractivity contribution in [1.82, 2.24) is 25.0 Å². The Morgan fingerprint density at radius 2 is 1.75 bits per heavy atom. The van der Waals surface area contributed by atoms with E-state index in [0.29, 0.717) is 31.0 Å². The number of para-hydroxylation sites is 2. The molecule has 1 atom stereocenters. The van der Waals surface area contributed by atoms with Gasteiger partial charge < -0.3 is 15.0 Å². The predicted octanol–water partition coefficient (Wildman–Crippen LogP) is 5.47. The summed E-state index contributed by atoms with van der Waals surface area (Å²) in [6.45, 7) is 9.56. The van der Waals surface area contributed by atoms with Gasteiger partial charge in [-0.05, 0) is 63.8 Å². The van der Waals surface area contributed by atoms with E-state index in [-0.39, 0.29) is 23.8 Å². The molecule has 0 saturated carbocycles. The van der Waals surface area contributed by atoms with Gasteiger partial charge in [0.25, 0.3) is 11.8 Å². The van der Waals surface area contributed by atoms with Gasteiger partial charge in [-0.15, -0.1) is 11.3 Å². The fourth-order valence-corrected chi connectivity index (χ4v) is 6.07. The minimum atomic E-state index is -0.196. The Kier molecular flexibility index (Phi) is 8.30. The van der Waals surface area contributed by atoms with Crippen LogP contribution >= 0.6 is 11.3 Å². The maximum Gasteiger partial charge on any atom is 0.271 e. The van der Waals surface area contributed by atoms with Crippen LogP contribution in [0.5, 0.6) is 5.75 Å². The van der Waals surface area contributed by atoms with E-state index in [1.54, 1.807) is 10.9 Å². The molecule has 1 fully saturated rings. The van der Waals surface area contributed by atoms with Crippen molar-refractivity contribution in [3.63, 3.8) is 0 Å². The maximum atomic E-state index is 13.3. The van der Waals surface area contributed by atoms with Crippen LogP contribution in [0.2, 0.25) is 0 Å². The molecular weight excluding hydrogens is 522 g/mol. The molecular formula is C31H35N5O3S. The Morgan fingerprint density at radius 3 is 2.45 bits per heavy atom. The summed E-state index contributed by atoms with van der Waals surface area (Å²) in [6, 6.07) is 15.7. The van der Waals surface area contributed by atoms with Crippen LogP contribution in [0.1, 0.15) is 68.4 Å². The van der Waals surface area contributed by atoms with E-state index < -0.39 is 0 Å². The summed E-state index contributed by atoms with van der Waals surface area (Å²) in [7, 11) is 0. The lowest BCUT2D eigenvalue weighted by molar-refractivity contribution is 0.0712. The van der Waals surface area contributed by atoms with E-state index >= 15 is 0 Å². The van der Waals surface area contributed by atoms with E-state index in [1.165, 1.54) is 11.3 Å². The first-order valence-electron chi connectivity index (χ1n) is 13.7. The van der Waals surface area contributed by atoms with Gasteiger partial charge in [0.1, 0.15) is 18.1 Å². The summed E-state index contributed by atoms with van der Waals surface area (Å²) >= 11 is 1.52.